The summed E-state index contributed by atoms with van der Waals surface area (Å²) >= 11 is 0. The van der Waals surface area contributed by atoms with Crippen LogP contribution in [0.2, 0.25) is 0 Å². The van der Waals surface area contributed by atoms with E-state index in [1.54, 1.807) is 0 Å². The van der Waals surface area contributed by atoms with Crippen molar-refractivity contribution in [1.29, 1.82) is 0 Å². The van der Waals surface area contributed by atoms with Crippen LogP contribution in [0, 0.1) is 5.92 Å². The lowest BCUT2D eigenvalue weighted by Gasteiger charge is -2.30. The zero-order chi connectivity index (χ0) is 12.7. The fourth-order valence-corrected chi connectivity index (χ4v) is 2.32. The van der Waals surface area contributed by atoms with Gasteiger partial charge >= 0.3 is 0 Å². The molecule has 1 aliphatic rings. The highest BCUT2D eigenvalue weighted by molar-refractivity contribution is 5.77. The van der Waals surface area contributed by atoms with E-state index >= 15 is 0 Å². The molecule has 0 aromatic heterocycles. The summed E-state index contributed by atoms with van der Waals surface area (Å²) in [6.07, 6.45) is 2.58. The van der Waals surface area contributed by atoms with Crippen molar-refractivity contribution in [2.45, 2.75) is 39.7 Å². The first-order valence-corrected chi connectivity index (χ1v) is 6.73. The van der Waals surface area contributed by atoms with Crippen LogP contribution >= 0.6 is 0 Å². The van der Waals surface area contributed by atoms with Crippen molar-refractivity contribution in [3.63, 3.8) is 0 Å². The highest BCUT2D eigenvalue weighted by atomic mass is 16.5. The first-order chi connectivity index (χ1) is 8.15. The quantitative estimate of drug-likeness (QED) is 0.731. The predicted octanol–water partition coefficient (Wildman–Crippen LogP) is 1.26. The lowest BCUT2D eigenvalue weighted by molar-refractivity contribution is -0.125. The molecule has 0 aromatic carbocycles. The standard InChI is InChI=1S/C13H26N2O2/c1-4-17-10-13(16)14-9-12(11(2)3)15-7-5-6-8-15/h11-12H,4-10H2,1-3H3,(H,14,16). The van der Waals surface area contributed by atoms with Gasteiger partial charge in [-0.05, 0) is 38.8 Å². The molecule has 4 heteroatoms. The first-order valence-electron chi connectivity index (χ1n) is 6.73. The molecule has 1 N–H and O–H groups in total. The zero-order valence-corrected chi connectivity index (χ0v) is 11.4. The normalized spacial score (nSPS) is 18.6. The summed E-state index contributed by atoms with van der Waals surface area (Å²) in [6.45, 7) is 10.2. The number of nitrogens with zero attached hydrogens (tertiary/aromatic N) is 1. The summed E-state index contributed by atoms with van der Waals surface area (Å²) in [5.74, 6) is 0.567. The molecule has 1 amide bonds. The molecule has 0 aliphatic carbocycles. The van der Waals surface area contributed by atoms with Crippen LogP contribution in [0.4, 0.5) is 0 Å². The Bertz CT molecular complexity index is 225. The molecule has 0 spiro atoms. The highest BCUT2D eigenvalue weighted by Gasteiger charge is 2.24. The van der Waals surface area contributed by atoms with Crippen molar-refractivity contribution < 1.29 is 9.53 Å². The van der Waals surface area contributed by atoms with E-state index in [-0.39, 0.29) is 12.5 Å². The van der Waals surface area contributed by atoms with Gasteiger partial charge in [0, 0.05) is 19.2 Å². The van der Waals surface area contributed by atoms with Crippen molar-refractivity contribution in [2.24, 2.45) is 5.92 Å². The van der Waals surface area contributed by atoms with Crippen LogP contribution in [-0.4, -0.2) is 49.7 Å². The molecule has 0 radical (unpaired) electrons. The number of likely N-dealkylation sites (tertiary alicyclic amines) is 1. The van der Waals surface area contributed by atoms with Gasteiger partial charge in [0.05, 0.1) is 0 Å². The molecule has 17 heavy (non-hydrogen) atoms. The first kappa shape index (κ1) is 14.5. The van der Waals surface area contributed by atoms with E-state index in [1.165, 1.54) is 25.9 Å². The van der Waals surface area contributed by atoms with Crippen LogP contribution in [0.5, 0.6) is 0 Å². The summed E-state index contributed by atoms with van der Waals surface area (Å²) < 4.78 is 5.09. The molecule has 1 heterocycles. The molecule has 1 aliphatic heterocycles. The second-order valence-corrected chi connectivity index (χ2v) is 5.00. The van der Waals surface area contributed by atoms with Crippen molar-refractivity contribution in [1.82, 2.24) is 10.2 Å². The van der Waals surface area contributed by atoms with Crippen LogP contribution in [0.15, 0.2) is 0 Å². The van der Waals surface area contributed by atoms with Crippen molar-refractivity contribution in [3.8, 4) is 0 Å². The maximum Gasteiger partial charge on any atom is 0.246 e. The molecular formula is C13H26N2O2. The lowest BCUT2D eigenvalue weighted by atomic mass is 10.0. The van der Waals surface area contributed by atoms with E-state index < -0.39 is 0 Å². The van der Waals surface area contributed by atoms with E-state index in [1.807, 2.05) is 6.92 Å². The molecule has 1 unspecified atom stereocenters. The number of carbonyl (C=O) groups excluding carboxylic acids is 1. The third-order valence-electron chi connectivity index (χ3n) is 3.32. The Kier molecular flexibility index (Phi) is 6.52. The maximum absolute atomic E-state index is 11.5. The van der Waals surface area contributed by atoms with E-state index in [9.17, 15) is 4.79 Å². The van der Waals surface area contributed by atoms with Gasteiger partial charge < -0.3 is 10.1 Å². The van der Waals surface area contributed by atoms with Gasteiger partial charge in [0.1, 0.15) is 6.61 Å². The molecule has 1 fully saturated rings. The van der Waals surface area contributed by atoms with Gasteiger partial charge in [0.15, 0.2) is 0 Å². The number of hydrogen-bond donors (Lipinski definition) is 1. The van der Waals surface area contributed by atoms with Gasteiger partial charge in [-0.1, -0.05) is 13.8 Å². The predicted molar refractivity (Wildman–Crippen MR) is 68.9 cm³/mol. The minimum absolute atomic E-state index is 0.00306. The van der Waals surface area contributed by atoms with Gasteiger partial charge in [0.2, 0.25) is 5.91 Å². The monoisotopic (exact) mass is 242 g/mol. The summed E-state index contributed by atoms with van der Waals surface area (Å²) in [6, 6.07) is 0.461. The third kappa shape index (κ3) is 5.04. The van der Waals surface area contributed by atoms with Crippen LogP contribution in [0.1, 0.15) is 33.6 Å². The maximum atomic E-state index is 11.5. The average Bonchev–Trinajstić information content (AvgIpc) is 2.79. The van der Waals surface area contributed by atoms with Crippen LogP contribution in [-0.2, 0) is 9.53 Å². The Balaban J connectivity index is 2.31. The largest absolute Gasteiger partial charge is 0.372 e. The van der Waals surface area contributed by atoms with E-state index in [4.69, 9.17) is 4.74 Å². The Morgan fingerprint density at radius 1 is 1.35 bits per heavy atom. The number of nitrogens with one attached hydrogen (secondary N) is 1. The highest BCUT2D eigenvalue weighted by Crippen LogP contribution is 2.16. The van der Waals surface area contributed by atoms with E-state index in [0.717, 1.165) is 6.54 Å². The molecule has 0 saturated carbocycles. The van der Waals surface area contributed by atoms with Gasteiger partial charge in [-0.3, -0.25) is 9.69 Å². The molecule has 1 atom stereocenters. The molecule has 0 bridgehead atoms. The van der Waals surface area contributed by atoms with Gasteiger partial charge in [0.25, 0.3) is 0 Å². The van der Waals surface area contributed by atoms with Crippen LogP contribution < -0.4 is 5.32 Å². The van der Waals surface area contributed by atoms with E-state index in [0.29, 0.717) is 18.6 Å². The van der Waals surface area contributed by atoms with E-state index in [2.05, 4.69) is 24.1 Å². The molecule has 1 rings (SSSR count). The van der Waals surface area contributed by atoms with Gasteiger partial charge in [-0.25, -0.2) is 0 Å². The topological polar surface area (TPSA) is 41.6 Å². The fourth-order valence-electron chi connectivity index (χ4n) is 2.32. The third-order valence-corrected chi connectivity index (χ3v) is 3.32. The molecule has 100 valence electrons. The Hall–Kier alpha value is -0.610. The lowest BCUT2D eigenvalue weighted by Crippen LogP contribution is -2.46. The molecule has 1 saturated heterocycles. The summed E-state index contributed by atoms with van der Waals surface area (Å²) in [4.78, 5) is 14.0. The second-order valence-electron chi connectivity index (χ2n) is 5.00. The summed E-state index contributed by atoms with van der Waals surface area (Å²) in [5, 5.41) is 2.97. The van der Waals surface area contributed by atoms with Crippen molar-refractivity contribution >= 4 is 5.91 Å². The number of hydrogen-bond acceptors (Lipinski definition) is 3. The molecular weight excluding hydrogens is 216 g/mol. The second kappa shape index (κ2) is 7.67. The Morgan fingerprint density at radius 3 is 2.53 bits per heavy atom. The average molecular weight is 242 g/mol. The minimum atomic E-state index is -0.00306. The fraction of sp³-hybridized carbons (Fsp3) is 0.923. The summed E-state index contributed by atoms with van der Waals surface area (Å²) in [7, 11) is 0. The van der Waals surface area contributed by atoms with Crippen molar-refractivity contribution in [2.75, 3.05) is 32.8 Å². The SMILES string of the molecule is CCOCC(=O)NCC(C(C)C)N1CCCC1. The number of amides is 1. The molecule has 4 nitrogen and oxygen atoms in total. The number of ether oxygens (including phenoxy) is 1. The smallest absolute Gasteiger partial charge is 0.246 e. The van der Waals surface area contributed by atoms with Crippen LogP contribution in [0.25, 0.3) is 0 Å². The van der Waals surface area contributed by atoms with Gasteiger partial charge in [-0.2, -0.15) is 0 Å². The summed E-state index contributed by atoms with van der Waals surface area (Å²) in [5.41, 5.74) is 0. The van der Waals surface area contributed by atoms with Crippen molar-refractivity contribution in [3.05, 3.63) is 0 Å². The number of carbonyl (C=O) groups is 1. The minimum Gasteiger partial charge on any atom is -0.372 e. The van der Waals surface area contributed by atoms with Crippen LogP contribution in [0.3, 0.4) is 0 Å². The molecule has 0 aromatic rings. The Labute approximate surface area is 105 Å². The zero-order valence-electron chi connectivity index (χ0n) is 11.4. The Morgan fingerprint density at radius 2 is 2.00 bits per heavy atom. The van der Waals surface area contributed by atoms with Gasteiger partial charge in [-0.15, -0.1) is 0 Å². The number of rotatable bonds is 7.